The molecule has 1 aromatic carbocycles. The van der Waals surface area contributed by atoms with Crippen molar-refractivity contribution in [2.45, 2.75) is 25.7 Å². The number of hydrogen-bond acceptors (Lipinski definition) is 1. The maximum absolute atomic E-state index is 13.6. The number of benzene rings is 1. The predicted molar refractivity (Wildman–Crippen MR) is 59.9 cm³/mol. The van der Waals surface area contributed by atoms with Crippen molar-refractivity contribution in [2.24, 2.45) is 0 Å². The average molecular weight is 249 g/mol. The number of carbonyl (C=O) groups is 1. The number of rotatable bonds is 3. The average Bonchev–Trinajstić information content (AvgIpc) is 2.16. The number of hydrogen-bond donors (Lipinski definition) is 0. The molecule has 1 rings (SSSR count). The molecule has 0 aliphatic rings. The fourth-order valence-electron chi connectivity index (χ4n) is 1.37. The zero-order valence-electron chi connectivity index (χ0n) is 8.48. The van der Waals surface area contributed by atoms with Crippen LogP contribution < -0.4 is 0 Å². The maximum atomic E-state index is 13.6. The first-order valence-corrected chi connectivity index (χ1v) is 5.33. The van der Waals surface area contributed by atoms with Crippen molar-refractivity contribution in [3.05, 3.63) is 34.6 Å². The van der Waals surface area contributed by atoms with E-state index in [2.05, 4.69) is 0 Å². The van der Waals surface area contributed by atoms with Crippen molar-refractivity contribution in [1.82, 2.24) is 0 Å². The lowest BCUT2D eigenvalue weighted by molar-refractivity contribution is -0.116. The van der Waals surface area contributed by atoms with E-state index in [0.717, 1.165) is 0 Å². The predicted octanol–water partition coefficient (Wildman–Crippen LogP) is 3.91. The summed E-state index contributed by atoms with van der Waals surface area (Å²) in [5.41, 5.74) is -0.703. The summed E-state index contributed by atoms with van der Waals surface area (Å²) in [6.07, 6.45) is 0.438. The highest BCUT2D eigenvalue weighted by molar-refractivity contribution is 6.65. The Morgan fingerprint density at radius 2 is 2.13 bits per heavy atom. The molecule has 1 unspecified atom stereocenters. The zero-order chi connectivity index (χ0) is 11.6. The van der Waals surface area contributed by atoms with Crippen LogP contribution in [0.3, 0.4) is 0 Å². The molecule has 0 saturated carbocycles. The Kier molecular flexibility index (Phi) is 3.74. The third-order valence-electron chi connectivity index (χ3n) is 2.67. The van der Waals surface area contributed by atoms with Gasteiger partial charge in [-0.2, -0.15) is 0 Å². The Balaban J connectivity index is 3.30. The summed E-state index contributed by atoms with van der Waals surface area (Å²) in [6, 6.07) is 4.24. The van der Waals surface area contributed by atoms with Crippen LogP contribution in [0.2, 0.25) is 5.02 Å². The van der Waals surface area contributed by atoms with Gasteiger partial charge in [0, 0.05) is 10.6 Å². The van der Waals surface area contributed by atoms with Crippen molar-refractivity contribution < 1.29 is 9.18 Å². The summed E-state index contributed by atoms with van der Waals surface area (Å²) in [6.45, 7) is 3.41. The van der Waals surface area contributed by atoms with E-state index in [1.54, 1.807) is 19.9 Å². The Labute approximate surface area is 98.2 Å². The molecule has 15 heavy (non-hydrogen) atoms. The summed E-state index contributed by atoms with van der Waals surface area (Å²) in [5, 5.41) is -0.261. The second kappa shape index (κ2) is 4.50. The molecular formula is C11H11Cl2FO. The standard InChI is InChI=1S/C11H11Cl2FO/c1-3-11(2,10(13)15)8-5-4-7(12)6-9(8)14/h4-6H,3H2,1-2H3. The van der Waals surface area contributed by atoms with Gasteiger partial charge in [-0.15, -0.1) is 0 Å². The van der Waals surface area contributed by atoms with Gasteiger partial charge in [0.2, 0.25) is 5.24 Å². The first-order valence-electron chi connectivity index (χ1n) is 4.57. The van der Waals surface area contributed by atoms with Crippen molar-refractivity contribution >= 4 is 28.4 Å². The molecule has 0 bridgehead atoms. The van der Waals surface area contributed by atoms with E-state index in [9.17, 15) is 9.18 Å². The van der Waals surface area contributed by atoms with Gasteiger partial charge in [0.1, 0.15) is 5.82 Å². The van der Waals surface area contributed by atoms with Crippen molar-refractivity contribution in [1.29, 1.82) is 0 Å². The lowest BCUT2D eigenvalue weighted by Gasteiger charge is -2.24. The van der Waals surface area contributed by atoms with E-state index in [-0.39, 0.29) is 5.56 Å². The molecule has 4 heteroatoms. The molecular weight excluding hydrogens is 238 g/mol. The van der Waals surface area contributed by atoms with E-state index in [1.807, 2.05) is 0 Å². The fraction of sp³-hybridized carbons (Fsp3) is 0.364. The second-order valence-corrected chi connectivity index (χ2v) is 4.36. The van der Waals surface area contributed by atoms with Crippen LogP contribution in [0.1, 0.15) is 25.8 Å². The summed E-state index contributed by atoms with van der Waals surface area (Å²) < 4.78 is 13.6. The first kappa shape index (κ1) is 12.5. The van der Waals surface area contributed by atoms with Crippen LogP contribution in [0.5, 0.6) is 0 Å². The minimum Gasteiger partial charge on any atom is -0.280 e. The van der Waals surface area contributed by atoms with Crippen molar-refractivity contribution in [3.8, 4) is 0 Å². The lowest BCUT2D eigenvalue weighted by Crippen LogP contribution is -2.29. The normalized spacial score (nSPS) is 14.7. The minimum atomic E-state index is -0.990. The molecule has 0 aromatic heterocycles. The second-order valence-electron chi connectivity index (χ2n) is 3.58. The fourth-order valence-corrected chi connectivity index (χ4v) is 1.77. The van der Waals surface area contributed by atoms with Gasteiger partial charge in [0.25, 0.3) is 0 Å². The molecule has 0 amide bonds. The smallest absolute Gasteiger partial charge is 0.232 e. The van der Waals surface area contributed by atoms with Crippen LogP contribution >= 0.6 is 23.2 Å². The zero-order valence-corrected chi connectivity index (χ0v) is 9.99. The molecule has 0 heterocycles. The third kappa shape index (κ3) is 2.32. The Morgan fingerprint density at radius 1 is 1.53 bits per heavy atom. The monoisotopic (exact) mass is 248 g/mol. The van der Waals surface area contributed by atoms with Crippen LogP contribution in [0.25, 0.3) is 0 Å². The molecule has 82 valence electrons. The minimum absolute atomic E-state index is 0.286. The topological polar surface area (TPSA) is 17.1 Å². The molecule has 1 atom stereocenters. The van der Waals surface area contributed by atoms with E-state index >= 15 is 0 Å². The molecule has 0 saturated heterocycles. The van der Waals surface area contributed by atoms with Gasteiger partial charge >= 0.3 is 0 Å². The van der Waals surface area contributed by atoms with Crippen LogP contribution in [0.4, 0.5) is 4.39 Å². The van der Waals surface area contributed by atoms with E-state index in [4.69, 9.17) is 23.2 Å². The molecule has 0 fully saturated rings. The van der Waals surface area contributed by atoms with Gasteiger partial charge in [-0.1, -0.05) is 24.6 Å². The summed E-state index contributed by atoms with van der Waals surface area (Å²) in [7, 11) is 0. The molecule has 0 aliphatic carbocycles. The quantitative estimate of drug-likeness (QED) is 0.742. The summed E-state index contributed by atoms with van der Waals surface area (Å²) in [5.74, 6) is -0.499. The van der Waals surface area contributed by atoms with E-state index in [1.165, 1.54) is 12.1 Å². The Bertz CT molecular complexity index is 392. The third-order valence-corrected chi connectivity index (χ3v) is 3.32. The number of halogens is 3. The van der Waals surface area contributed by atoms with E-state index in [0.29, 0.717) is 11.4 Å². The molecule has 0 N–H and O–H groups in total. The summed E-state index contributed by atoms with van der Waals surface area (Å²) >= 11 is 11.1. The van der Waals surface area contributed by atoms with Gasteiger partial charge in [0.05, 0.1) is 5.41 Å². The van der Waals surface area contributed by atoms with Crippen molar-refractivity contribution in [2.75, 3.05) is 0 Å². The number of carbonyl (C=O) groups excluding carboxylic acids is 1. The van der Waals surface area contributed by atoms with Gasteiger partial charge in [-0.25, -0.2) is 4.39 Å². The van der Waals surface area contributed by atoms with Gasteiger partial charge in [-0.3, -0.25) is 4.79 Å². The SMILES string of the molecule is CCC(C)(C(=O)Cl)c1ccc(Cl)cc1F. The van der Waals surface area contributed by atoms with Crippen LogP contribution in [-0.2, 0) is 10.2 Å². The van der Waals surface area contributed by atoms with Crippen LogP contribution in [0, 0.1) is 5.82 Å². The molecule has 1 nitrogen and oxygen atoms in total. The molecule has 0 aliphatic heterocycles. The van der Waals surface area contributed by atoms with E-state index < -0.39 is 16.5 Å². The lowest BCUT2D eigenvalue weighted by atomic mass is 9.81. The molecule has 1 aromatic rings. The molecule has 0 spiro atoms. The van der Waals surface area contributed by atoms with Crippen molar-refractivity contribution in [3.63, 3.8) is 0 Å². The van der Waals surface area contributed by atoms with Gasteiger partial charge in [0.15, 0.2) is 0 Å². The van der Waals surface area contributed by atoms with Gasteiger partial charge in [-0.05, 0) is 37.1 Å². The van der Waals surface area contributed by atoms with Crippen LogP contribution in [-0.4, -0.2) is 5.24 Å². The molecule has 0 radical (unpaired) electrons. The Hall–Kier alpha value is -0.600. The summed E-state index contributed by atoms with van der Waals surface area (Å²) in [4.78, 5) is 11.3. The highest BCUT2D eigenvalue weighted by Crippen LogP contribution is 2.33. The highest BCUT2D eigenvalue weighted by Gasteiger charge is 2.34. The first-order chi connectivity index (χ1) is 6.91. The maximum Gasteiger partial charge on any atom is 0.232 e. The highest BCUT2D eigenvalue weighted by atomic mass is 35.5. The Morgan fingerprint density at radius 3 is 2.53 bits per heavy atom. The van der Waals surface area contributed by atoms with Gasteiger partial charge < -0.3 is 0 Å². The van der Waals surface area contributed by atoms with Crippen LogP contribution in [0.15, 0.2) is 18.2 Å². The largest absolute Gasteiger partial charge is 0.280 e.